The average Bonchev–Trinajstić information content (AvgIpc) is 2.50. The summed E-state index contributed by atoms with van der Waals surface area (Å²) in [4.78, 5) is 4.80. The van der Waals surface area contributed by atoms with Crippen molar-refractivity contribution in [1.29, 1.82) is 0 Å². The van der Waals surface area contributed by atoms with Gasteiger partial charge in [0, 0.05) is 40.3 Å². The summed E-state index contributed by atoms with van der Waals surface area (Å²) < 4.78 is 13.7. The van der Waals surface area contributed by atoms with Crippen molar-refractivity contribution in [2.45, 2.75) is 24.3 Å². The molecule has 0 saturated carbocycles. The van der Waals surface area contributed by atoms with Gasteiger partial charge in [0.2, 0.25) is 0 Å². The SMILES string of the molecule is CCCNC(CSc1ccccc1F)c1cnccc1N. The number of nitrogen functional groups attached to an aromatic ring is 1. The first kappa shape index (κ1) is 15.8. The van der Waals surface area contributed by atoms with E-state index in [0.717, 1.165) is 18.5 Å². The van der Waals surface area contributed by atoms with E-state index in [9.17, 15) is 4.39 Å². The van der Waals surface area contributed by atoms with E-state index in [4.69, 9.17) is 5.73 Å². The highest BCUT2D eigenvalue weighted by molar-refractivity contribution is 7.99. The minimum absolute atomic E-state index is 0.0586. The van der Waals surface area contributed by atoms with E-state index < -0.39 is 0 Å². The van der Waals surface area contributed by atoms with Crippen molar-refractivity contribution in [3.05, 3.63) is 54.1 Å². The van der Waals surface area contributed by atoms with E-state index in [2.05, 4.69) is 17.2 Å². The molecule has 0 radical (unpaired) electrons. The number of hydrogen-bond donors (Lipinski definition) is 2. The summed E-state index contributed by atoms with van der Waals surface area (Å²) in [6.45, 7) is 3.00. The number of nitrogens with two attached hydrogens (primary N) is 1. The maximum absolute atomic E-state index is 13.7. The Morgan fingerprint density at radius 1 is 1.33 bits per heavy atom. The summed E-state index contributed by atoms with van der Waals surface area (Å²) >= 11 is 1.49. The van der Waals surface area contributed by atoms with Gasteiger partial charge < -0.3 is 11.1 Å². The molecule has 1 atom stereocenters. The van der Waals surface area contributed by atoms with E-state index >= 15 is 0 Å². The third-order valence-electron chi connectivity index (χ3n) is 3.15. The molecule has 112 valence electrons. The lowest BCUT2D eigenvalue weighted by Gasteiger charge is -2.20. The Morgan fingerprint density at radius 2 is 2.14 bits per heavy atom. The van der Waals surface area contributed by atoms with E-state index in [1.807, 2.05) is 6.07 Å². The van der Waals surface area contributed by atoms with Crippen LogP contribution in [0.4, 0.5) is 10.1 Å². The second-order valence-corrected chi connectivity index (χ2v) is 5.81. The van der Waals surface area contributed by atoms with Gasteiger partial charge in [-0.3, -0.25) is 4.98 Å². The maximum Gasteiger partial charge on any atom is 0.136 e. The van der Waals surface area contributed by atoms with E-state index in [1.165, 1.54) is 17.8 Å². The predicted octanol–water partition coefficient (Wildman–Crippen LogP) is 3.64. The molecule has 0 fully saturated rings. The van der Waals surface area contributed by atoms with Crippen LogP contribution in [-0.4, -0.2) is 17.3 Å². The molecule has 1 heterocycles. The van der Waals surface area contributed by atoms with Gasteiger partial charge in [0.25, 0.3) is 0 Å². The van der Waals surface area contributed by atoms with Crippen LogP contribution in [0.3, 0.4) is 0 Å². The Morgan fingerprint density at radius 3 is 2.86 bits per heavy atom. The summed E-state index contributed by atoms with van der Waals surface area (Å²) in [5, 5.41) is 3.45. The van der Waals surface area contributed by atoms with Crippen LogP contribution in [-0.2, 0) is 0 Å². The zero-order valence-corrected chi connectivity index (χ0v) is 12.9. The third kappa shape index (κ3) is 4.44. The number of benzene rings is 1. The van der Waals surface area contributed by atoms with Crippen molar-refractivity contribution in [2.75, 3.05) is 18.0 Å². The number of nitrogens with zero attached hydrogens (tertiary/aromatic N) is 1. The molecule has 0 bridgehead atoms. The summed E-state index contributed by atoms with van der Waals surface area (Å²) in [6.07, 6.45) is 4.49. The van der Waals surface area contributed by atoms with Gasteiger partial charge in [-0.05, 0) is 31.2 Å². The molecule has 1 aromatic heterocycles. The van der Waals surface area contributed by atoms with E-state index in [1.54, 1.807) is 30.6 Å². The van der Waals surface area contributed by atoms with Crippen LogP contribution < -0.4 is 11.1 Å². The molecular formula is C16H20FN3S. The van der Waals surface area contributed by atoms with Gasteiger partial charge in [0.15, 0.2) is 0 Å². The minimum atomic E-state index is -0.184. The Bertz CT molecular complexity index is 577. The zero-order chi connectivity index (χ0) is 15.1. The highest BCUT2D eigenvalue weighted by atomic mass is 32.2. The normalized spacial score (nSPS) is 12.3. The van der Waals surface area contributed by atoms with Crippen molar-refractivity contribution in [2.24, 2.45) is 0 Å². The van der Waals surface area contributed by atoms with Crippen LogP contribution in [0.2, 0.25) is 0 Å². The molecule has 0 amide bonds. The van der Waals surface area contributed by atoms with Crippen LogP contribution in [0, 0.1) is 5.82 Å². The van der Waals surface area contributed by atoms with Crippen molar-refractivity contribution in [1.82, 2.24) is 10.3 Å². The summed E-state index contributed by atoms with van der Waals surface area (Å²) in [5.41, 5.74) is 7.71. The Labute approximate surface area is 129 Å². The monoisotopic (exact) mass is 305 g/mol. The van der Waals surface area contributed by atoms with Crippen LogP contribution >= 0.6 is 11.8 Å². The highest BCUT2D eigenvalue weighted by Crippen LogP contribution is 2.28. The molecule has 5 heteroatoms. The number of thioether (sulfide) groups is 1. The first-order valence-corrected chi connectivity index (χ1v) is 8.01. The van der Waals surface area contributed by atoms with Crippen molar-refractivity contribution < 1.29 is 4.39 Å². The number of hydrogen-bond acceptors (Lipinski definition) is 4. The molecule has 1 aromatic carbocycles. The largest absolute Gasteiger partial charge is 0.398 e. The van der Waals surface area contributed by atoms with Crippen LogP contribution in [0.5, 0.6) is 0 Å². The molecule has 21 heavy (non-hydrogen) atoms. The Hall–Kier alpha value is -1.59. The standard InChI is InChI=1S/C16H20FN3S/c1-2-8-20-15(12-10-19-9-7-14(12)18)11-21-16-6-4-3-5-13(16)17/h3-7,9-10,15,20H,2,8,11H2,1H3,(H2,18,19). The quantitative estimate of drug-likeness (QED) is 0.767. The fourth-order valence-corrected chi connectivity index (χ4v) is 3.05. The average molecular weight is 305 g/mol. The first-order valence-electron chi connectivity index (χ1n) is 7.02. The molecule has 2 rings (SSSR count). The summed E-state index contributed by atoms with van der Waals surface area (Å²) in [5.74, 6) is 0.521. The molecule has 0 spiro atoms. The second kappa shape index (κ2) is 8.00. The van der Waals surface area contributed by atoms with Crippen LogP contribution in [0.15, 0.2) is 47.6 Å². The van der Waals surface area contributed by atoms with Crippen molar-refractivity contribution in [3.63, 3.8) is 0 Å². The minimum Gasteiger partial charge on any atom is -0.398 e. The molecule has 0 aliphatic carbocycles. The predicted molar refractivity (Wildman–Crippen MR) is 86.8 cm³/mol. The molecular weight excluding hydrogens is 285 g/mol. The Kier molecular flexibility index (Phi) is 6.02. The molecule has 0 aliphatic rings. The topological polar surface area (TPSA) is 50.9 Å². The highest BCUT2D eigenvalue weighted by Gasteiger charge is 2.15. The lowest BCUT2D eigenvalue weighted by Crippen LogP contribution is -2.25. The fourth-order valence-electron chi connectivity index (χ4n) is 2.02. The second-order valence-electron chi connectivity index (χ2n) is 4.75. The fraction of sp³-hybridized carbons (Fsp3) is 0.312. The van der Waals surface area contributed by atoms with Gasteiger partial charge in [0.1, 0.15) is 5.82 Å². The van der Waals surface area contributed by atoms with E-state index in [0.29, 0.717) is 16.3 Å². The van der Waals surface area contributed by atoms with Crippen LogP contribution in [0.25, 0.3) is 0 Å². The van der Waals surface area contributed by atoms with Gasteiger partial charge >= 0.3 is 0 Å². The number of pyridine rings is 1. The Balaban J connectivity index is 2.10. The zero-order valence-electron chi connectivity index (χ0n) is 12.1. The summed E-state index contributed by atoms with van der Waals surface area (Å²) in [6, 6.07) is 8.68. The summed E-state index contributed by atoms with van der Waals surface area (Å²) in [7, 11) is 0. The van der Waals surface area contributed by atoms with Gasteiger partial charge in [-0.15, -0.1) is 11.8 Å². The number of anilines is 1. The maximum atomic E-state index is 13.7. The number of halogens is 1. The lowest BCUT2D eigenvalue weighted by molar-refractivity contribution is 0.575. The molecule has 1 unspecified atom stereocenters. The van der Waals surface area contributed by atoms with Crippen molar-refractivity contribution in [3.8, 4) is 0 Å². The van der Waals surface area contributed by atoms with Crippen molar-refractivity contribution >= 4 is 17.4 Å². The van der Waals surface area contributed by atoms with E-state index in [-0.39, 0.29) is 11.9 Å². The van der Waals surface area contributed by atoms with Gasteiger partial charge in [-0.2, -0.15) is 0 Å². The molecule has 2 aromatic rings. The molecule has 3 N–H and O–H groups in total. The lowest BCUT2D eigenvalue weighted by atomic mass is 10.1. The number of aromatic nitrogens is 1. The molecule has 0 aliphatic heterocycles. The molecule has 3 nitrogen and oxygen atoms in total. The smallest absolute Gasteiger partial charge is 0.136 e. The van der Waals surface area contributed by atoms with Gasteiger partial charge in [0.05, 0.1) is 0 Å². The van der Waals surface area contributed by atoms with Gasteiger partial charge in [-0.25, -0.2) is 4.39 Å². The van der Waals surface area contributed by atoms with Crippen LogP contribution in [0.1, 0.15) is 24.9 Å². The first-order chi connectivity index (χ1) is 10.2. The van der Waals surface area contributed by atoms with Gasteiger partial charge in [-0.1, -0.05) is 19.1 Å². The number of rotatable bonds is 7. The molecule has 0 saturated heterocycles. The number of nitrogens with one attached hydrogen (secondary N) is 1. The third-order valence-corrected chi connectivity index (χ3v) is 4.29.